The van der Waals surface area contributed by atoms with Crippen molar-refractivity contribution in [2.24, 2.45) is 5.92 Å². The van der Waals surface area contributed by atoms with Crippen molar-refractivity contribution in [1.82, 2.24) is 4.90 Å². The molecule has 0 radical (unpaired) electrons. The van der Waals surface area contributed by atoms with E-state index >= 15 is 0 Å². The third-order valence-corrected chi connectivity index (χ3v) is 7.15. The van der Waals surface area contributed by atoms with Gasteiger partial charge in [-0.3, -0.25) is 14.5 Å². The molecule has 2 aromatic rings. The predicted octanol–water partition coefficient (Wildman–Crippen LogP) is 3.79. The van der Waals surface area contributed by atoms with E-state index < -0.39 is 17.4 Å². The van der Waals surface area contributed by atoms with Gasteiger partial charge in [0.15, 0.2) is 0 Å². The highest BCUT2D eigenvalue weighted by Gasteiger charge is 2.65. The number of ether oxygens (including phenoxy) is 1. The Morgan fingerprint density at radius 1 is 1.25 bits per heavy atom. The van der Waals surface area contributed by atoms with E-state index in [4.69, 9.17) is 16.3 Å². The number of para-hydroxylation sites is 1. The van der Waals surface area contributed by atoms with Crippen molar-refractivity contribution in [3.63, 3.8) is 0 Å². The summed E-state index contributed by atoms with van der Waals surface area (Å²) < 4.78 is 5.00. The Morgan fingerprint density at radius 2 is 2.03 bits per heavy atom. The molecule has 166 valence electrons. The molecule has 0 bridgehead atoms. The lowest BCUT2D eigenvalue weighted by Crippen LogP contribution is -2.53. The van der Waals surface area contributed by atoms with Crippen molar-refractivity contribution in [3.05, 3.63) is 58.6 Å². The lowest BCUT2D eigenvalue weighted by molar-refractivity contribution is -0.135. The molecule has 7 nitrogen and oxygen atoms in total. The number of nitrogens with zero attached hydrogens (tertiary/aromatic N) is 1. The second-order valence-electron chi connectivity index (χ2n) is 8.45. The normalized spacial score (nSPS) is 26.0. The molecule has 2 N–H and O–H groups in total. The maximum atomic E-state index is 13.5. The van der Waals surface area contributed by atoms with E-state index in [2.05, 4.69) is 15.5 Å². The maximum Gasteiger partial charge on any atom is 0.338 e. The molecule has 3 aliphatic rings. The van der Waals surface area contributed by atoms with Crippen molar-refractivity contribution in [1.29, 1.82) is 0 Å². The zero-order chi connectivity index (χ0) is 22.5. The van der Waals surface area contributed by atoms with E-state index in [0.717, 1.165) is 24.9 Å². The molecule has 32 heavy (non-hydrogen) atoms. The van der Waals surface area contributed by atoms with Crippen molar-refractivity contribution in [2.75, 3.05) is 23.8 Å². The molecule has 0 aliphatic carbocycles. The molecule has 3 aliphatic heterocycles. The van der Waals surface area contributed by atoms with E-state index in [1.54, 1.807) is 37.3 Å². The van der Waals surface area contributed by atoms with Gasteiger partial charge in [-0.1, -0.05) is 23.7 Å². The molecule has 3 atom stereocenters. The number of anilines is 2. The van der Waals surface area contributed by atoms with E-state index in [1.165, 1.54) is 0 Å². The number of nitrogens with one attached hydrogen (secondary N) is 2. The smallest absolute Gasteiger partial charge is 0.338 e. The van der Waals surface area contributed by atoms with Gasteiger partial charge in [-0.25, -0.2) is 4.79 Å². The fourth-order valence-electron chi connectivity index (χ4n) is 5.55. The molecular weight excluding hydrogens is 430 g/mol. The number of carbonyl (C=O) groups is 3. The summed E-state index contributed by atoms with van der Waals surface area (Å²) in [5, 5.41) is 6.38. The molecule has 1 spiro atoms. The van der Waals surface area contributed by atoms with Crippen LogP contribution < -0.4 is 10.6 Å². The third-order valence-electron chi connectivity index (χ3n) is 6.83. The summed E-state index contributed by atoms with van der Waals surface area (Å²) in [7, 11) is 0. The molecule has 0 unspecified atom stereocenters. The van der Waals surface area contributed by atoms with Gasteiger partial charge >= 0.3 is 5.97 Å². The summed E-state index contributed by atoms with van der Waals surface area (Å²) >= 11 is 6.39. The first-order valence-corrected chi connectivity index (χ1v) is 11.3. The lowest BCUT2D eigenvalue weighted by Gasteiger charge is -2.36. The Labute approximate surface area is 191 Å². The number of amides is 2. The van der Waals surface area contributed by atoms with Crippen LogP contribution in [0.1, 0.15) is 42.1 Å². The van der Waals surface area contributed by atoms with Crippen molar-refractivity contribution in [2.45, 2.75) is 37.8 Å². The Balaban J connectivity index is 1.47. The van der Waals surface area contributed by atoms with E-state index in [0.29, 0.717) is 35.0 Å². The number of fused-ring (bicyclic) bond motifs is 4. The summed E-state index contributed by atoms with van der Waals surface area (Å²) in [4.78, 5) is 41.1. The molecule has 2 aromatic carbocycles. The second kappa shape index (κ2) is 7.90. The summed E-state index contributed by atoms with van der Waals surface area (Å²) in [6.45, 7) is 2.81. The van der Waals surface area contributed by atoms with Crippen LogP contribution in [0.2, 0.25) is 5.02 Å². The molecule has 0 saturated carbocycles. The van der Waals surface area contributed by atoms with Gasteiger partial charge in [0, 0.05) is 17.3 Å². The molecule has 2 amide bonds. The highest BCUT2D eigenvalue weighted by molar-refractivity contribution is 6.35. The van der Waals surface area contributed by atoms with E-state index in [-0.39, 0.29) is 17.9 Å². The lowest BCUT2D eigenvalue weighted by atomic mass is 9.78. The van der Waals surface area contributed by atoms with Gasteiger partial charge in [0.1, 0.15) is 5.54 Å². The highest BCUT2D eigenvalue weighted by atomic mass is 35.5. The van der Waals surface area contributed by atoms with Crippen LogP contribution in [0.15, 0.2) is 42.5 Å². The molecule has 3 heterocycles. The third kappa shape index (κ3) is 3.03. The topological polar surface area (TPSA) is 87.7 Å². The predicted molar refractivity (Wildman–Crippen MR) is 121 cm³/mol. The van der Waals surface area contributed by atoms with Gasteiger partial charge < -0.3 is 15.4 Å². The van der Waals surface area contributed by atoms with Crippen LogP contribution in [-0.2, 0) is 19.9 Å². The minimum Gasteiger partial charge on any atom is -0.462 e. The Kier molecular flexibility index (Phi) is 5.18. The van der Waals surface area contributed by atoms with Gasteiger partial charge in [0.2, 0.25) is 11.8 Å². The maximum absolute atomic E-state index is 13.5. The van der Waals surface area contributed by atoms with Crippen LogP contribution in [0.3, 0.4) is 0 Å². The van der Waals surface area contributed by atoms with Crippen molar-refractivity contribution in [3.8, 4) is 0 Å². The number of halogens is 1. The van der Waals surface area contributed by atoms with Gasteiger partial charge in [-0.2, -0.15) is 0 Å². The molecular formula is C24H24ClN3O4. The average Bonchev–Trinajstić information content (AvgIpc) is 3.44. The number of hydrogen-bond acceptors (Lipinski definition) is 5. The number of benzene rings is 2. The summed E-state index contributed by atoms with van der Waals surface area (Å²) in [6, 6.07) is 12.2. The monoisotopic (exact) mass is 453 g/mol. The summed E-state index contributed by atoms with van der Waals surface area (Å²) in [5.74, 6) is -1.37. The highest BCUT2D eigenvalue weighted by Crippen LogP contribution is 2.56. The molecule has 2 fully saturated rings. The van der Waals surface area contributed by atoms with Crippen LogP contribution >= 0.6 is 11.6 Å². The van der Waals surface area contributed by atoms with Gasteiger partial charge in [-0.15, -0.1) is 0 Å². The van der Waals surface area contributed by atoms with Crippen molar-refractivity contribution >= 4 is 40.8 Å². The molecule has 0 aromatic heterocycles. The Morgan fingerprint density at radius 3 is 2.78 bits per heavy atom. The minimum atomic E-state index is -1.06. The fraction of sp³-hybridized carbons (Fsp3) is 0.375. The van der Waals surface area contributed by atoms with Crippen LogP contribution in [-0.4, -0.2) is 41.9 Å². The van der Waals surface area contributed by atoms with Gasteiger partial charge in [0.05, 0.1) is 28.8 Å². The van der Waals surface area contributed by atoms with Crippen LogP contribution in [0.25, 0.3) is 0 Å². The molecule has 5 rings (SSSR count). The van der Waals surface area contributed by atoms with E-state index in [1.807, 2.05) is 12.1 Å². The van der Waals surface area contributed by atoms with Gasteiger partial charge in [0.25, 0.3) is 0 Å². The molecule has 8 heteroatoms. The van der Waals surface area contributed by atoms with Gasteiger partial charge in [-0.05, 0) is 63.1 Å². The number of hydrogen-bond donors (Lipinski definition) is 2. The molecule has 2 saturated heterocycles. The standard InChI is InChI=1S/C24H24ClN3O4/c1-2-32-22(30)14-8-10-15(11-9-14)26-21(29)18-13-16-5-4-12-28(16)24(18)17-6-3-7-19(25)20(17)27-23(24)31/h3,6-11,16,18H,2,4-5,12-13H2,1H3,(H,26,29)(H,27,31)/t16-,18+,24-/m1/s1. The van der Waals surface area contributed by atoms with Crippen molar-refractivity contribution < 1.29 is 19.1 Å². The van der Waals surface area contributed by atoms with Crippen LogP contribution in [0, 0.1) is 5.92 Å². The van der Waals surface area contributed by atoms with Crippen LogP contribution in [0.4, 0.5) is 11.4 Å². The zero-order valence-electron chi connectivity index (χ0n) is 17.7. The number of carbonyl (C=O) groups excluding carboxylic acids is 3. The first-order chi connectivity index (χ1) is 15.5. The number of esters is 1. The second-order valence-corrected chi connectivity index (χ2v) is 8.85. The zero-order valence-corrected chi connectivity index (χ0v) is 18.4. The Hall–Kier alpha value is -2.90. The quantitative estimate of drug-likeness (QED) is 0.688. The first kappa shape index (κ1) is 21.0. The first-order valence-electron chi connectivity index (χ1n) is 10.9. The minimum absolute atomic E-state index is 0.174. The average molecular weight is 454 g/mol. The van der Waals surface area contributed by atoms with E-state index in [9.17, 15) is 14.4 Å². The number of rotatable bonds is 4. The SMILES string of the molecule is CCOC(=O)c1ccc(NC(=O)[C@@H]2C[C@H]3CCCN3[C@@]23C(=O)Nc2c(Cl)cccc23)cc1. The largest absolute Gasteiger partial charge is 0.462 e. The Bertz CT molecular complexity index is 1100. The van der Waals surface area contributed by atoms with Crippen LogP contribution in [0.5, 0.6) is 0 Å². The summed E-state index contributed by atoms with van der Waals surface area (Å²) in [6.07, 6.45) is 2.56. The summed E-state index contributed by atoms with van der Waals surface area (Å²) in [5.41, 5.74) is 1.30. The fourth-order valence-corrected chi connectivity index (χ4v) is 5.77.